The fourth-order valence-electron chi connectivity index (χ4n) is 1.15. The van der Waals surface area contributed by atoms with Crippen molar-refractivity contribution in [2.75, 3.05) is 6.54 Å². The van der Waals surface area contributed by atoms with E-state index >= 15 is 0 Å². The summed E-state index contributed by atoms with van der Waals surface area (Å²) in [5.41, 5.74) is 6.05. The van der Waals surface area contributed by atoms with E-state index < -0.39 is 0 Å². The van der Waals surface area contributed by atoms with E-state index in [4.69, 9.17) is 0 Å². The molecule has 3 nitrogen and oxygen atoms in total. The van der Waals surface area contributed by atoms with Crippen LogP contribution in [-0.2, 0) is 0 Å². The molecular weight excluding hydrogens is 114 g/mol. The first-order valence-electron chi connectivity index (χ1n) is 3.18. The molecule has 0 aliphatic carbocycles. The van der Waals surface area contributed by atoms with Crippen LogP contribution in [0.2, 0.25) is 0 Å². The summed E-state index contributed by atoms with van der Waals surface area (Å²) in [6, 6.07) is 0. The number of fused-ring (bicyclic) bond motifs is 1. The molecule has 1 atom stereocenters. The van der Waals surface area contributed by atoms with Gasteiger partial charge in [-0.05, 0) is 6.42 Å². The van der Waals surface area contributed by atoms with E-state index in [1.807, 2.05) is 6.20 Å². The Labute approximate surface area is 53.8 Å². The van der Waals surface area contributed by atoms with Gasteiger partial charge in [-0.25, -0.2) is 10.4 Å². The van der Waals surface area contributed by atoms with Gasteiger partial charge in [0, 0.05) is 18.7 Å². The molecule has 0 spiro atoms. The molecule has 2 aliphatic rings. The van der Waals surface area contributed by atoms with Gasteiger partial charge in [-0.2, -0.15) is 0 Å². The van der Waals surface area contributed by atoms with Crippen LogP contribution in [0.1, 0.15) is 6.42 Å². The first-order valence-corrected chi connectivity index (χ1v) is 3.18. The van der Waals surface area contributed by atoms with Gasteiger partial charge in [0.1, 0.15) is 5.84 Å². The summed E-state index contributed by atoms with van der Waals surface area (Å²) in [4.78, 5) is 4.15. The lowest BCUT2D eigenvalue weighted by molar-refractivity contribution is 0.657. The summed E-state index contributed by atoms with van der Waals surface area (Å²) in [7, 11) is 0. The summed E-state index contributed by atoms with van der Waals surface area (Å²) in [6.07, 6.45) is 5.08. The predicted molar refractivity (Wildman–Crippen MR) is 35.8 cm³/mol. The van der Waals surface area contributed by atoms with Crippen LogP contribution in [0.4, 0.5) is 0 Å². The average Bonchev–Trinajstić information content (AvgIpc) is 2.33. The maximum atomic E-state index is 4.15. The van der Waals surface area contributed by atoms with E-state index in [0.29, 0.717) is 5.92 Å². The van der Waals surface area contributed by atoms with E-state index in [1.165, 1.54) is 0 Å². The minimum absolute atomic E-state index is 0.606. The number of hydrazine groups is 1. The highest BCUT2D eigenvalue weighted by atomic mass is 15.4. The summed E-state index contributed by atoms with van der Waals surface area (Å²) >= 11 is 0. The smallest absolute Gasteiger partial charge is 0.120 e. The van der Waals surface area contributed by atoms with Crippen LogP contribution in [0.25, 0.3) is 0 Å². The number of aliphatic imine (C=N–C) groups is 1. The van der Waals surface area contributed by atoms with Crippen molar-refractivity contribution < 1.29 is 0 Å². The second-order valence-corrected chi connectivity index (χ2v) is 2.34. The molecule has 1 fully saturated rings. The van der Waals surface area contributed by atoms with Crippen LogP contribution in [0.3, 0.4) is 0 Å². The van der Waals surface area contributed by atoms with Crippen molar-refractivity contribution >= 4 is 5.84 Å². The van der Waals surface area contributed by atoms with Crippen molar-refractivity contribution in [2.24, 2.45) is 10.9 Å². The Hall–Kier alpha value is -0.830. The van der Waals surface area contributed by atoms with Crippen molar-refractivity contribution in [3.05, 3.63) is 12.3 Å². The zero-order chi connectivity index (χ0) is 6.10. The highest BCUT2D eigenvalue weighted by Crippen LogP contribution is 2.12. The van der Waals surface area contributed by atoms with Crippen molar-refractivity contribution in [3.63, 3.8) is 0 Å². The molecule has 0 radical (unpaired) electrons. The van der Waals surface area contributed by atoms with Crippen molar-refractivity contribution in [1.29, 1.82) is 0 Å². The van der Waals surface area contributed by atoms with Gasteiger partial charge in [0.25, 0.3) is 0 Å². The lowest BCUT2D eigenvalue weighted by Crippen LogP contribution is -2.26. The van der Waals surface area contributed by atoms with E-state index in [9.17, 15) is 0 Å². The van der Waals surface area contributed by atoms with E-state index in [0.717, 1.165) is 18.8 Å². The topological polar surface area (TPSA) is 36.4 Å². The van der Waals surface area contributed by atoms with Crippen LogP contribution in [0.15, 0.2) is 17.3 Å². The van der Waals surface area contributed by atoms with Crippen molar-refractivity contribution in [2.45, 2.75) is 6.42 Å². The molecule has 2 rings (SSSR count). The van der Waals surface area contributed by atoms with E-state index in [1.54, 1.807) is 0 Å². The van der Waals surface area contributed by atoms with Crippen LogP contribution in [0, 0.1) is 5.92 Å². The number of nitrogens with zero attached hydrogens (tertiary/aromatic N) is 1. The Kier molecular flexibility index (Phi) is 1.02. The molecule has 0 amide bonds. The van der Waals surface area contributed by atoms with Gasteiger partial charge in [0.2, 0.25) is 0 Å². The van der Waals surface area contributed by atoms with Crippen LogP contribution in [-0.4, -0.2) is 12.4 Å². The van der Waals surface area contributed by atoms with E-state index in [2.05, 4.69) is 21.9 Å². The zero-order valence-corrected chi connectivity index (χ0v) is 5.09. The Bertz CT molecular complexity index is 171. The molecule has 0 aromatic heterocycles. The molecule has 0 aromatic carbocycles. The lowest BCUT2D eigenvalue weighted by atomic mass is 10.0. The summed E-state index contributed by atoms with van der Waals surface area (Å²) in [6.45, 7) is 1.02. The Morgan fingerprint density at radius 3 is 3.56 bits per heavy atom. The molecule has 2 heterocycles. The van der Waals surface area contributed by atoms with Crippen molar-refractivity contribution in [3.8, 4) is 0 Å². The Morgan fingerprint density at radius 1 is 1.67 bits per heavy atom. The Morgan fingerprint density at radius 2 is 2.67 bits per heavy atom. The monoisotopic (exact) mass is 123 g/mol. The first kappa shape index (κ1) is 4.99. The van der Waals surface area contributed by atoms with Gasteiger partial charge in [0.05, 0.1) is 0 Å². The number of hydrogen-bond donors (Lipinski definition) is 2. The molecule has 9 heavy (non-hydrogen) atoms. The standard InChI is InChI=1S/C6H9N3/c1-2-5-4-8-9-6(5)7-3-1/h1,3,5,8H,2,4H2,(H,7,9). The second kappa shape index (κ2) is 1.84. The molecule has 0 saturated carbocycles. The third-order valence-electron chi connectivity index (χ3n) is 1.69. The number of allylic oxidation sites excluding steroid dienone is 1. The molecule has 2 N–H and O–H groups in total. The van der Waals surface area contributed by atoms with Gasteiger partial charge in [-0.1, -0.05) is 6.08 Å². The van der Waals surface area contributed by atoms with Gasteiger partial charge in [-0.3, -0.25) is 0 Å². The molecule has 0 aromatic rings. The molecule has 48 valence electrons. The minimum Gasteiger partial charge on any atom is -0.309 e. The molecular formula is C6H9N3. The lowest BCUT2D eigenvalue weighted by Gasteiger charge is -2.07. The highest BCUT2D eigenvalue weighted by molar-refractivity contribution is 5.87. The molecule has 3 heteroatoms. The third kappa shape index (κ3) is 0.733. The minimum atomic E-state index is 0.606. The third-order valence-corrected chi connectivity index (χ3v) is 1.69. The second-order valence-electron chi connectivity index (χ2n) is 2.34. The molecule has 1 saturated heterocycles. The highest BCUT2D eigenvalue weighted by Gasteiger charge is 2.21. The van der Waals surface area contributed by atoms with Gasteiger partial charge >= 0.3 is 0 Å². The van der Waals surface area contributed by atoms with E-state index in [-0.39, 0.29) is 0 Å². The van der Waals surface area contributed by atoms with Gasteiger partial charge in [-0.15, -0.1) is 0 Å². The summed E-state index contributed by atoms with van der Waals surface area (Å²) in [5, 5.41) is 0. The van der Waals surface area contributed by atoms with Gasteiger partial charge < -0.3 is 5.43 Å². The van der Waals surface area contributed by atoms with Crippen LogP contribution >= 0.6 is 0 Å². The largest absolute Gasteiger partial charge is 0.309 e. The maximum Gasteiger partial charge on any atom is 0.120 e. The maximum absolute atomic E-state index is 4.15. The van der Waals surface area contributed by atoms with Gasteiger partial charge in [0.15, 0.2) is 0 Å². The number of nitrogens with one attached hydrogen (secondary N) is 2. The van der Waals surface area contributed by atoms with Crippen LogP contribution in [0.5, 0.6) is 0 Å². The van der Waals surface area contributed by atoms with Crippen LogP contribution < -0.4 is 10.9 Å². The molecule has 2 aliphatic heterocycles. The molecule has 0 bridgehead atoms. The number of amidine groups is 1. The first-order chi connectivity index (χ1) is 4.47. The SMILES string of the molecule is C1=CN=C2NNCC2C1. The normalized spacial score (nSPS) is 31.1. The Balaban J connectivity index is 2.23. The fourth-order valence-corrected chi connectivity index (χ4v) is 1.15. The quantitative estimate of drug-likeness (QED) is 0.476. The fraction of sp³-hybridized carbons (Fsp3) is 0.500. The summed E-state index contributed by atoms with van der Waals surface area (Å²) in [5.74, 6) is 1.70. The average molecular weight is 123 g/mol. The predicted octanol–water partition coefficient (Wildman–Crippen LogP) is 0.0263. The molecule has 1 unspecified atom stereocenters. The number of rotatable bonds is 0. The number of hydrogen-bond acceptors (Lipinski definition) is 3. The zero-order valence-electron chi connectivity index (χ0n) is 5.09. The summed E-state index contributed by atoms with van der Waals surface area (Å²) < 4.78 is 0. The van der Waals surface area contributed by atoms with Crippen molar-refractivity contribution in [1.82, 2.24) is 10.9 Å².